The molecule has 3 rings (SSSR count). The van der Waals surface area contributed by atoms with Crippen molar-refractivity contribution in [2.75, 3.05) is 39.3 Å². The number of aliphatic hydroxyl groups is 1. The molecule has 6 nitrogen and oxygen atoms in total. The van der Waals surface area contributed by atoms with E-state index in [1.54, 1.807) is 9.80 Å². The molecule has 2 atom stereocenters. The first-order valence-electron chi connectivity index (χ1n) is 8.49. The molecule has 3 heterocycles. The third kappa shape index (κ3) is 3.13. The molecule has 6 heteroatoms. The van der Waals surface area contributed by atoms with Gasteiger partial charge in [0.25, 0.3) is 0 Å². The van der Waals surface area contributed by atoms with Gasteiger partial charge in [0.15, 0.2) is 0 Å². The smallest absolute Gasteiger partial charge is 0.245 e. The molecule has 0 saturated carbocycles. The van der Waals surface area contributed by atoms with Gasteiger partial charge in [-0.1, -0.05) is 0 Å². The molecule has 3 saturated heterocycles. The van der Waals surface area contributed by atoms with Crippen LogP contribution in [0.25, 0.3) is 0 Å². The number of nitrogens with zero attached hydrogens (tertiary/aromatic N) is 3. The summed E-state index contributed by atoms with van der Waals surface area (Å²) in [6.45, 7) is 5.98. The van der Waals surface area contributed by atoms with Gasteiger partial charge in [-0.2, -0.15) is 0 Å². The molecule has 2 unspecified atom stereocenters. The fourth-order valence-corrected chi connectivity index (χ4v) is 4.14. The summed E-state index contributed by atoms with van der Waals surface area (Å²) >= 11 is 0. The van der Waals surface area contributed by atoms with E-state index in [0.29, 0.717) is 32.6 Å². The molecule has 0 radical (unpaired) electrons. The molecular formula is C16H27N3O3. The zero-order valence-electron chi connectivity index (χ0n) is 13.5. The maximum atomic E-state index is 12.7. The summed E-state index contributed by atoms with van der Waals surface area (Å²) in [5, 5.41) is 10.8. The number of hydrogen-bond donors (Lipinski definition) is 1. The Kier molecular flexibility index (Phi) is 4.41. The first-order chi connectivity index (χ1) is 10.5. The van der Waals surface area contributed by atoms with Crippen molar-refractivity contribution >= 4 is 11.8 Å². The van der Waals surface area contributed by atoms with E-state index in [0.717, 1.165) is 25.9 Å². The molecule has 0 aliphatic carbocycles. The minimum atomic E-state index is -0.778. The Balaban J connectivity index is 1.59. The Morgan fingerprint density at radius 2 is 1.86 bits per heavy atom. The second-order valence-electron chi connectivity index (χ2n) is 7.09. The van der Waals surface area contributed by atoms with E-state index < -0.39 is 5.60 Å². The van der Waals surface area contributed by atoms with Crippen LogP contribution in [0, 0.1) is 0 Å². The van der Waals surface area contributed by atoms with E-state index in [4.69, 9.17) is 0 Å². The molecule has 0 bridgehead atoms. The van der Waals surface area contributed by atoms with Crippen LogP contribution in [0.5, 0.6) is 0 Å². The normalized spacial score (nSPS) is 32.9. The summed E-state index contributed by atoms with van der Waals surface area (Å²) in [4.78, 5) is 30.1. The van der Waals surface area contributed by atoms with Gasteiger partial charge in [-0.25, -0.2) is 0 Å². The Bertz CT molecular complexity index is 450. The molecule has 0 spiro atoms. The minimum absolute atomic E-state index is 0.0186. The van der Waals surface area contributed by atoms with Crippen molar-refractivity contribution in [2.24, 2.45) is 0 Å². The number of amides is 2. The van der Waals surface area contributed by atoms with Crippen LogP contribution in [0.3, 0.4) is 0 Å². The molecule has 0 aromatic heterocycles. The average Bonchev–Trinajstić information content (AvgIpc) is 3.18. The van der Waals surface area contributed by atoms with Crippen LogP contribution < -0.4 is 0 Å². The fourth-order valence-electron chi connectivity index (χ4n) is 4.14. The second kappa shape index (κ2) is 6.16. The Morgan fingerprint density at radius 3 is 2.55 bits per heavy atom. The van der Waals surface area contributed by atoms with Crippen LogP contribution in [0.15, 0.2) is 0 Å². The predicted molar refractivity (Wildman–Crippen MR) is 82.2 cm³/mol. The highest BCUT2D eigenvalue weighted by molar-refractivity contribution is 5.87. The van der Waals surface area contributed by atoms with E-state index in [-0.39, 0.29) is 17.9 Å². The largest absolute Gasteiger partial charge is 0.387 e. The lowest BCUT2D eigenvalue weighted by Crippen LogP contribution is -2.49. The lowest BCUT2D eigenvalue weighted by molar-refractivity contribution is -0.142. The van der Waals surface area contributed by atoms with Gasteiger partial charge in [0.05, 0.1) is 12.1 Å². The van der Waals surface area contributed by atoms with E-state index >= 15 is 0 Å². The third-order valence-corrected chi connectivity index (χ3v) is 5.30. The number of likely N-dealkylation sites (tertiary alicyclic amines) is 3. The van der Waals surface area contributed by atoms with Crippen LogP contribution in [0.4, 0.5) is 0 Å². The average molecular weight is 309 g/mol. The molecule has 0 aromatic carbocycles. The van der Waals surface area contributed by atoms with E-state index in [9.17, 15) is 14.7 Å². The molecule has 1 N–H and O–H groups in total. The highest BCUT2D eigenvalue weighted by atomic mass is 16.3. The molecule has 124 valence electrons. The molecular weight excluding hydrogens is 282 g/mol. The van der Waals surface area contributed by atoms with Crippen molar-refractivity contribution in [3.05, 3.63) is 0 Å². The van der Waals surface area contributed by atoms with E-state index in [2.05, 4.69) is 4.90 Å². The van der Waals surface area contributed by atoms with Crippen LogP contribution in [0.1, 0.15) is 39.0 Å². The highest BCUT2D eigenvalue weighted by Crippen LogP contribution is 2.27. The second-order valence-corrected chi connectivity index (χ2v) is 7.09. The number of β-amino-alcohol motifs (C(OH)–C–C–N with tert-alkyl or cyclic N) is 1. The lowest BCUT2D eigenvalue weighted by Gasteiger charge is -2.30. The Hall–Kier alpha value is -1.14. The zero-order valence-corrected chi connectivity index (χ0v) is 13.5. The van der Waals surface area contributed by atoms with Crippen molar-refractivity contribution < 1.29 is 14.7 Å². The highest BCUT2D eigenvalue weighted by Gasteiger charge is 2.43. The SMILES string of the molecule is CC(=O)N1CCCC1C(=O)N1CCC(O)(CN2CCCC2)C1. The monoisotopic (exact) mass is 309 g/mol. The molecule has 3 aliphatic rings. The Labute approximate surface area is 132 Å². The van der Waals surface area contributed by atoms with Crippen molar-refractivity contribution in [2.45, 2.75) is 50.7 Å². The van der Waals surface area contributed by atoms with Crippen LogP contribution in [0.2, 0.25) is 0 Å². The van der Waals surface area contributed by atoms with Gasteiger partial charge in [-0.15, -0.1) is 0 Å². The lowest BCUT2D eigenvalue weighted by atomic mass is 10.0. The summed E-state index contributed by atoms with van der Waals surface area (Å²) in [5.74, 6) is -0.00702. The molecule has 0 aromatic rings. The molecule has 22 heavy (non-hydrogen) atoms. The van der Waals surface area contributed by atoms with Crippen LogP contribution in [-0.4, -0.2) is 82.5 Å². The van der Waals surface area contributed by atoms with Crippen molar-refractivity contribution in [3.8, 4) is 0 Å². The number of carbonyl (C=O) groups is 2. The first kappa shape index (κ1) is 15.7. The predicted octanol–water partition coefficient (Wildman–Crippen LogP) is 0.0565. The number of hydrogen-bond acceptors (Lipinski definition) is 4. The quantitative estimate of drug-likeness (QED) is 0.800. The fraction of sp³-hybridized carbons (Fsp3) is 0.875. The maximum absolute atomic E-state index is 12.7. The number of rotatable bonds is 3. The number of carbonyl (C=O) groups excluding carboxylic acids is 2. The maximum Gasteiger partial charge on any atom is 0.245 e. The van der Waals surface area contributed by atoms with Crippen LogP contribution >= 0.6 is 0 Å². The van der Waals surface area contributed by atoms with Gasteiger partial charge < -0.3 is 19.8 Å². The van der Waals surface area contributed by atoms with Gasteiger partial charge >= 0.3 is 0 Å². The van der Waals surface area contributed by atoms with Gasteiger partial charge in [-0.05, 0) is 45.2 Å². The van der Waals surface area contributed by atoms with Gasteiger partial charge in [0, 0.05) is 26.6 Å². The van der Waals surface area contributed by atoms with E-state index in [1.807, 2.05) is 0 Å². The summed E-state index contributed by atoms with van der Waals surface area (Å²) in [5.41, 5.74) is -0.778. The summed E-state index contributed by atoms with van der Waals surface area (Å²) in [7, 11) is 0. The first-order valence-corrected chi connectivity index (χ1v) is 8.49. The zero-order chi connectivity index (χ0) is 15.7. The molecule has 2 amide bonds. The summed E-state index contributed by atoms with van der Waals surface area (Å²) in [6, 6.07) is -0.313. The van der Waals surface area contributed by atoms with Crippen molar-refractivity contribution in [1.82, 2.24) is 14.7 Å². The van der Waals surface area contributed by atoms with Gasteiger partial charge in [0.1, 0.15) is 6.04 Å². The van der Waals surface area contributed by atoms with Crippen LogP contribution in [-0.2, 0) is 9.59 Å². The summed E-state index contributed by atoms with van der Waals surface area (Å²) in [6.07, 6.45) is 4.69. The minimum Gasteiger partial charge on any atom is -0.387 e. The molecule has 3 aliphatic heterocycles. The Morgan fingerprint density at radius 1 is 1.14 bits per heavy atom. The van der Waals surface area contributed by atoms with Gasteiger partial charge in [0.2, 0.25) is 11.8 Å². The summed E-state index contributed by atoms with van der Waals surface area (Å²) < 4.78 is 0. The van der Waals surface area contributed by atoms with E-state index in [1.165, 1.54) is 19.8 Å². The third-order valence-electron chi connectivity index (χ3n) is 5.30. The molecule has 3 fully saturated rings. The van der Waals surface area contributed by atoms with Gasteiger partial charge in [-0.3, -0.25) is 9.59 Å². The van der Waals surface area contributed by atoms with Crippen molar-refractivity contribution in [3.63, 3.8) is 0 Å². The van der Waals surface area contributed by atoms with Crippen molar-refractivity contribution in [1.29, 1.82) is 0 Å². The topological polar surface area (TPSA) is 64.1 Å². The standard InChI is InChI=1S/C16H27N3O3/c1-13(20)19-9-4-5-14(19)15(21)18-10-6-16(22,12-18)11-17-7-2-3-8-17/h14,22H,2-12H2,1H3.